The topological polar surface area (TPSA) is 49.4 Å². The minimum atomic E-state index is -4.45. The molecule has 1 aliphatic heterocycles. The number of thioether (sulfide) groups is 1. The highest BCUT2D eigenvalue weighted by Crippen LogP contribution is 2.32. The van der Waals surface area contributed by atoms with Gasteiger partial charge in [-0.15, -0.1) is 0 Å². The maximum absolute atomic E-state index is 13.0. The van der Waals surface area contributed by atoms with Crippen LogP contribution in [-0.4, -0.2) is 41.3 Å². The molecule has 1 saturated heterocycles. The summed E-state index contributed by atoms with van der Waals surface area (Å²) in [4.78, 5) is 24.9. The molecule has 1 heterocycles. The lowest BCUT2D eigenvalue weighted by molar-refractivity contribution is -0.139. The zero-order chi connectivity index (χ0) is 17.0. The summed E-state index contributed by atoms with van der Waals surface area (Å²) < 4.78 is 39.0. The van der Waals surface area contributed by atoms with Gasteiger partial charge in [0.25, 0.3) is 0 Å². The molecule has 1 aromatic carbocycles. The number of alkyl halides is 3. The van der Waals surface area contributed by atoms with Crippen molar-refractivity contribution in [3.8, 4) is 0 Å². The van der Waals surface area contributed by atoms with Gasteiger partial charge in [-0.25, -0.2) is 0 Å². The van der Waals surface area contributed by atoms with E-state index in [4.69, 9.17) is 0 Å². The molecule has 0 unspecified atom stereocenters. The van der Waals surface area contributed by atoms with E-state index in [9.17, 15) is 22.8 Å². The second-order valence-electron chi connectivity index (χ2n) is 5.33. The molecule has 8 heteroatoms. The predicted molar refractivity (Wildman–Crippen MR) is 81.8 cm³/mol. The van der Waals surface area contributed by atoms with Crippen LogP contribution in [0.5, 0.6) is 0 Å². The summed E-state index contributed by atoms with van der Waals surface area (Å²) >= 11 is 1.37. The van der Waals surface area contributed by atoms with Gasteiger partial charge in [0, 0.05) is 19.5 Å². The molecule has 23 heavy (non-hydrogen) atoms. The van der Waals surface area contributed by atoms with Gasteiger partial charge in [0.1, 0.15) is 0 Å². The van der Waals surface area contributed by atoms with Gasteiger partial charge >= 0.3 is 6.18 Å². The second kappa shape index (κ2) is 7.25. The first-order valence-electron chi connectivity index (χ1n) is 7.02. The molecule has 1 N–H and O–H groups in total. The number of carbonyl (C=O) groups is 2. The molecule has 0 aromatic heterocycles. The number of hydrogen-bond donors (Lipinski definition) is 1. The third-order valence-corrected chi connectivity index (χ3v) is 4.09. The Bertz CT molecular complexity index is 592. The molecule has 0 radical (unpaired) electrons. The van der Waals surface area contributed by atoms with Gasteiger partial charge in [0.05, 0.1) is 17.4 Å². The van der Waals surface area contributed by atoms with Gasteiger partial charge in [0.15, 0.2) is 0 Å². The van der Waals surface area contributed by atoms with Crippen LogP contribution >= 0.6 is 11.8 Å². The van der Waals surface area contributed by atoms with E-state index in [1.54, 1.807) is 6.26 Å². The molecule has 126 valence electrons. The van der Waals surface area contributed by atoms with E-state index in [-0.39, 0.29) is 42.9 Å². The molecule has 4 nitrogen and oxygen atoms in total. The maximum atomic E-state index is 13.0. The minimum Gasteiger partial charge on any atom is -0.350 e. The Morgan fingerprint density at radius 2 is 2.09 bits per heavy atom. The Labute approximate surface area is 136 Å². The number of rotatable bonds is 5. The molecule has 0 spiro atoms. The first kappa shape index (κ1) is 17.7. The van der Waals surface area contributed by atoms with E-state index >= 15 is 0 Å². The number of hydrogen-bond acceptors (Lipinski definition) is 3. The van der Waals surface area contributed by atoms with Crippen LogP contribution in [0.3, 0.4) is 0 Å². The quantitative estimate of drug-likeness (QED) is 0.890. The summed E-state index contributed by atoms with van der Waals surface area (Å²) in [5.74, 6) is -0.133. The smallest absolute Gasteiger partial charge is 0.350 e. The van der Waals surface area contributed by atoms with E-state index in [2.05, 4.69) is 5.32 Å². The Kier molecular flexibility index (Phi) is 5.56. The lowest BCUT2D eigenvalue weighted by atomic mass is 10.1. The Morgan fingerprint density at radius 3 is 2.74 bits per heavy atom. The largest absolute Gasteiger partial charge is 0.416 e. The van der Waals surface area contributed by atoms with E-state index < -0.39 is 11.7 Å². The fourth-order valence-electron chi connectivity index (χ4n) is 2.56. The van der Waals surface area contributed by atoms with Crippen LogP contribution in [-0.2, 0) is 22.3 Å². The second-order valence-corrected chi connectivity index (χ2v) is 6.20. The first-order chi connectivity index (χ1) is 10.8. The molecule has 2 rings (SSSR count). The third-order valence-electron chi connectivity index (χ3n) is 3.54. The van der Waals surface area contributed by atoms with Crippen molar-refractivity contribution in [3.63, 3.8) is 0 Å². The molecule has 0 saturated carbocycles. The Hall–Kier alpha value is -1.70. The standard InChI is InChI=1S/C15H17F3N2O2S/c1-23-9-13(21)19-11-6-14(22)20(8-11)7-10-4-2-3-5-12(10)15(16,17)18/h2-5,11H,6-9H2,1H3,(H,19,21)/t11-/m0/s1. The molecule has 0 bridgehead atoms. The summed E-state index contributed by atoms with van der Waals surface area (Å²) in [6.45, 7) is 0.120. The van der Waals surface area contributed by atoms with Crippen molar-refractivity contribution >= 4 is 23.6 Å². The fourth-order valence-corrected chi connectivity index (χ4v) is 2.91. The predicted octanol–water partition coefficient (Wildman–Crippen LogP) is 2.29. The first-order valence-corrected chi connectivity index (χ1v) is 8.42. The molecule has 0 aliphatic carbocycles. The van der Waals surface area contributed by atoms with E-state index in [1.807, 2.05) is 0 Å². The van der Waals surface area contributed by atoms with Gasteiger partial charge in [-0.05, 0) is 17.9 Å². The Balaban J connectivity index is 2.04. The van der Waals surface area contributed by atoms with Crippen molar-refractivity contribution in [1.82, 2.24) is 10.2 Å². The number of amides is 2. The van der Waals surface area contributed by atoms with E-state index in [1.165, 1.54) is 34.9 Å². The molecule has 1 atom stereocenters. The summed E-state index contributed by atoms with van der Waals surface area (Å²) in [7, 11) is 0. The summed E-state index contributed by atoms with van der Waals surface area (Å²) in [5.41, 5.74) is -0.674. The normalized spacial score (nSPS) is 18.3. The van der Waals surface area contributed by atoms with Gasteiger partial charge < -0.3 is 10.2 Å². The molecule has 1 aromatic rings. The SMILES string of the molecule is CSCC(=O)N[C@H]1CC(=O)N(Cc2ccccc2C(F)(F)F)C1. The number of nitrogens with zero attached hydrogens (tertiary/aromatic N) is 1. The number of nitrogens with one attached hydrogen (secondary N) is 1. The van der Waals surface area contributed by atoms with Crippen molar-refractivity contribution in [2.24, 2.45) is 0 Å². The van der Waals surface area contributed by atoms with Crippen molar-refractivity contribution in [2.75, 3.05) is 18.6 Å². The number of carbonyl (C=O) groups excluding carboxylic acids is 2. The lowest BCUT2D eigenvalue weighted by Crippen LogP contribution is -2.38. The van der Waals surface area contributed by atoms with Crippen LogP contribution in [0.4, 0.5) is 13.2 Å². The van der Waals surface area contributed by atoms with E-state index in [0.29, 0.717) is 5.75 Å². The van der Waals surface area contributed by atoms with Gasteiger partial charge in [0.2, 0.25) is 11.8 Å². The van der Waals surface area contributed by atoms with Crippen LogP contribution in [0.2, 0.25) is 0 Å². The lowest BCUT2D eigenvalue weighted by Gasteiger charge is -2.20. The monoisotopic (exact) mass is 346 g/mol. The summed E-state index contributed by atoms with van der Waals surface area (Å²) in [6.07, 6.45) is -2.54. The van der Waals surface area contributed by atoms with Crippen LogP contribution in [0, 0.1) is 0 Å². The average Bonchev–Trinajstić information content (AvgIpc) is 2.78. The summed E-state index contributed by atoms with van der Waals surface area (Å²) in [5, 5.41) is 2.73. The molecular formula is C15H17F3N2O2S. The highest BCUT2D eigenvalue weighted by Gasteiger charge is 2.35. The van der Waals surface area contributed by atoms with Gasteiger partial charge in [-0.1, -0.05) is 18.2 Å². The van der Waals surface area contributed by atoms with Gasteiger partial charge in [-0.2, -0.15) is 24.9 Å². The fraction of sp³-hybridized carbons (Fsp3) is 0.467. The molecule has 1 aliphatic rings. The van der Waals surface area contributed by atoms with Crippen molar-refractivity contribution in [2.45, 2.75) is 25.2 Å². The van der Waals surface area contributed by atoms with Crippen LogP contribution in [0.1, 0.15) is 17.5 Å². The summed E-state index contributed by atoms with van der Waals surface area (Å²) in [6, 6.07) is 4.87. The van der Waals surface area contributed by atoms with E-state index in [0.717, 1.165) is 6.07 Å². The Morgan fingerprint density at radius 1 is 1.39 bits per heavy atom. The van der Waals surface area contributed by atoms with Crippen molar-refractivity contribution < 1.29 is 22.8 Å². The zero-order valence-corrected chi connectivity index (χ0v) is 13.3. The maximum Gasteiger partial charge on any atom is 0.416 e. The third kappa shape index (κ3) is 4.63. The number of halogens is 3. The highest BCUT2D eigenvalue weighted by molar-refractivity contribution is 7.99. The van der Waals surface area contributed by atoms with Crippen molar-refractivity contribution in [1.29, 1.82) is 0 Å². The number of likely N-dealkylation sites (tertiary alicyclic amines) is 1. The van der Waals surface area contributed by atoms with Gasteiger partial charge in [-0.3, -0.25) is 9.59 Å². The molecular weight excluding hydrogens is 329 g/mol. The van der Waals surface area contributed by atoms with Crippen molar-refractivity contribution in [3.05, 3.63) is 35.4 Å². The van der Waals surface area contributed by atoms with Crippen LogP contribution in [0.15, 0.2) is 24.3 Å². The number of benzene rings is 1. The molecule has 1 fully saturated rings. The molecule has 2 amide bonds. The van der Waals surface area contributed by atoms with Crippen LogP contribution < -0.4 is 5.32 Å². The average molecular weight is 346 g/mol. The van der Waals surface area contributed by atoms with Crippen LogP contribution in [0.25, 0.3) is 0 Å². The minimum absolute atomic E-state index is 0.0597. The highest BCUT2D eigenvalue weighted by atomic mass is 32.2. The zero-order valence-electron chi connectivity index (χ0n) is 12.5.